The minimum absolute atomic E-state index is 0.0438. The third-order valence-corrected chi connectivity index (χ3v) is 12.0. The molecular formula is C18H28NOP. The van der Waals surface area contributed by atoms with Crippen LogP contribution in [0.1, 0.15) is 43.2 Å². The molecule has 1 saturated heterocycles. The molecule has 116 valence electrons. The number of anilines is 1. The van der Waals surface area contributed by atoms with Crippen LogP contribution in [0.2, 0.25) is 0 Å². The van der Waals surface area contributed by atoms with E-state index < -0.39 is 7.26 Å². The van der Waals surface area contributed by atoms with Crippen molar-refractivity contribution in [3.8, 4) is 0 Å². The van der Waals surface area contributed by atoms with Gasteiger partial charge in [0, 0.05) is 0 Å². The van der Waals surface area contributed by atoms with E-state index >= 15 is 0 Å². The van der Waals surface area contributed by atoms with Crippen LogP contribution < -0.4 is 5.32 Å². The third-order valence-electron chi connectivity index (χ3n) is 6.02. The summed E-state index contributed by atoms with van der Waals surface area (Å²) < 4.78 is 0. The summed E-state index contributed by atoms with van der Waals surface area (Å²) in [7, 11) is -1.42. The quantitative estimate of drug-likeness (QED) is 0.827. The summed E-state index contributed by atoms with van der Waals surface area (Å²) in [5.74, 6) is 0.330. The van der Waals surface area contributed by atoms with Crippen LogP contribution in [0.3, 0.4) is 0 Å². The number of nitrogens with one attached hydrogen (secondary N) is 1. The van der Waals surface area contributed by atoms with Gasteiger partial charge < -0.3 is 0 Å². The molecule has 1 amide bonds. The minimum atomic E-state index is -1.42. The predicted octanol–water partition coefficient (Wildman–Crippen LogP) is 4.34. The first-order chi connectivity index (χ1) is 9.98. The van der Waals surface area contributed by atoms with Gasteiger partial charge in [-0.15, -0.1) is 0 Å². The Morgan fingerprint density at radius 3 is 2.19 bits per heavy atom. The summed E-state index contributed by atoms with van der Waals surface area (Å²) in [6, 6.07) is 6.23. The number of benzene rings is 1. The van der Waals surface area contributed by atoms with Gasteiger partial charge in [0.25, 0.3) is 0 Å². The van der Waals surface area contributed by atoms with Gasteiger partial charge in [-0.3, -0.25) is 0 Å². The van der Waals surface area contributed by atoms with E-state index in [4.69, 9.17) is 0 Å². The number of amides is 1. The summed E-state index contributed by atoms with van der Waals surface area (Å²) in [5, 5.41) is 3.34. The van der Waals surface area contributed by atoms with E-state index in [0.29, 0.717) is 5.91 Å². The van der Waals surface area contributed by atoms with Crippen molar-refractivity contribution in [2.75, 3.05) is 24.3 Å². The van der Waals surface area contributed by atoms with Crippen LogP contribution in [0.25, 0.3) is 0 Å². The molecule has 1 aliphatic carbocycles. The maximum absolute atomic E-state index is 13.0. The van der Waals surface area contributed by atoms with E-state index in [2.05, 4.69) is 44.0 Å². The van der Waals surface area contributed by atoms with Crippen molar-refractivity contribution >= 4 is 18.9 Å². The van der Waals surface area contributed by atoms with Crippen molar-refractivity contribution in [3.63, 3.8) is 0 Å². The van der Waals surface area contributed by atoms with Gasteiger partial charge in [0.2, 0.25) is 0 Å². The van der Waals surface area contributed by atoms with E-state index in [1.807, 2.05) is 0 Å². The second kappa shape index (κ2) is 5.39. The number of hydrogen-bond acceptors (Lipinski definition) is 1. The van der Waals surface area contributed by atoms with Crippen molar-refractivity contribution in [1.82, 2.24) is 0 Å². The van der Waals surface area contributed by atoms with Crippen LogP contribution in [-0.2, 0) is 4.79 Å². The molecule has 0 aromatic heterocycles. The first-order valence-electron chi connectivity index (χ1n) is 8.36. The molecule has 2 fully saturated rings. The van der Waals surface area contributed by atoms with Crippen LogP contribution >= 0.6 is 7.26 Å². The second-order valence-electron chi connectivity index (χ2n) is 7.42. The van der Waals surface area contributed by atoms with Crippen molar-refractivity contribution in [1.29, 1.82) is 0 Å². The second-order valence-corrected chi connectivity index (χ2v) is 12.5. The van der Waals surface area contributed by atoms with Gasteiger partial charge in [0.05, 0.1) is 0 Å². The Kier molecular flexibility index (Phi) is 3.86. The van der Waals surface area contributed by atoms with Gasteiger partial charge >= 0.3 is 128 Å². The SMILES string of the molecule is Cc1cccc(C)c1NC(=O)C1([PH]2(C)CCCCC2)CC1. The van der Waals surface area contributed by atoms with Gasteiger partial charge in [-0.2, -0.15) is 0 Å². The van der Waals surface area contributed by atoms with Gasteiger partial charge in [-0.05, 0) is 0 Å². The maximum atomic E-state index is 13.0. The molecule has 0 unspecified atom stereocenters. The van der Waals surface area contributed by atoms with Gasteiger partial charge in [0.15, 0.2) is 0 Å². The van der Waals surface area contributed by atoms with Crippen molar-refractivity contribution in [3.05, 3.63) is 29.3 Å². The molecule has 0 atom stereocenters. The fourth-order valence-corrected chi connectivity index (χ4v) is 9.50. The van der Waals surface area contributed by atoms with Crippen LogP contribution in [0.15, 0.2) is 18.2 Å². The summed E-state index contributed by atoms with van der Waals surface area (Å²) in [6.45, 7) is 6.66. The average Bonchev–Trinajstić information content (AvgIpc) is 3.26. The predicted molar refractivity (Wildman–Crippen MR) is 94.3 cm³/mol. The number of rotatable bonds is 3. The summed E-state index contributed by atoms with van der Waals surface area (Å²) >= 11 is 0. The van der Waals surface area contributed by atoms with Gasteiger partial charge in [0.1, 0.15) is 0 Å². The molecule has 1 saturated carbocycles. The fraction of sp³-hybridized carbons (Fsp3) is 0.611. The normalized spacial score (nSPS) is 24.1. The number of carbonyl (C=O) groups is 1. The number of carbonyl (C=O) groups excluding carboxylic acids is 1. The molecule has 1 aromatic carbocycles. The molecule has 0 bridgehead atoms. The molecular weight excluding hydrogens is 277 g/mol. The summed E-state index contributed by atoms with van der Waals surface area (Å²) in [5.41, 5.74) is 3.39. The van der Waals surface area contributed by atoms with E-state index in [1.165, 1.54) is 42.7 Å². The zero-order valence-corrected chi connectivity index (χ0v) is 14.6. The number of aryl methyl sites for hydroxylation is 2. The molecule has 0 spiro atoms. The van der Waals surface area contributed by atoms with Gasteiger partial charge in [-0.1, -0.05) is 0 Å². The first kappa shape index (κ1) is 15.0. The molecule has 1 aromatic rings. The Morgan fingerprint density at radius 1 is 1.10 bits per heavy atom. The number of para-hydroxylation sites is 1. The Hall–Kier alpha value is -0.880. The van der Waals surface area contributed by atoms with Crippen molar-refractivity contribution in [2.24, 2.45) is 0 Å². The van der Waals surface area contributed by atoms with Crippen LogP contribution in [0, 0.1) is 13.8 Å². The zero-order valence-electron chi connectivity index (χ0n) is 13.6. The van der Waals surface area contributed by atoms with Crippen LogP contribution in [0.5, 0.6) is 0 Å². The first-order valence-corrected chi connectivity index (χ1v) is 11.3. The summed E-state index contributed by atoms with van der Waals surface area (Å²) in [4.78, 5) is 13.0. The zero-order chi connectivity index (χ0) is 15.1. The average molecular weight is 305 g/mol. The molecule has 3 rings (SSSR count). The van der Waals surface area contributed by atoms with E-state index in [9.17, 15) is 4.79 Å². The van der Waals surface area contributed by atoms with Crippen LogP contribution in [-0.4, -0.2) is 30.1 Å². The molecule has 1 N–H and O–H groups in total. The Labute approximate surface area is 129 Å². The number of hydrogen-bond donors (Lipinski definition) is 1. The Bertz CT molecular complexity index is 536. The molecule has 2 aliphatic rings. The van der Waals surface area contributed by atoms with Gasteiger partial charge in [-0.25, -0.2) is 0 Å². The van der Waals surface area contributed by atoms with Crippen molar-refractivity contribution in [2.45, 2.75) is 51.1 Å². The van der Waals surface area contributed by atoms with Crippen LogP contribution in [0.4, 0.5) is 5.69 Å². The van der Waals surface area contributed by atoms with E-state index in [1.54, 1.807) is 0 Å². The topological polar surface area (TPSA) is 29.1 Å². The molecule has 1 heterocycles. The molecule has 2 nitrogen and oxygen atoms in total. The summed E-state index contributed by atoms with van der Waals surface area (Å²) in [6.07, 6.45) is 9.04. The molecule has 1 aliphatic heterocycles. The standard InChI is InChI=1S/C18H28NOP/c1-14-8-7-9-15(2)16(14)19-17(20)18(10-11-18)21(3)12-5-4-6-13-21/h7-9,21H,4-6,10-13H2,1-3H3,(H,19,20). The molecule has 3 heteroatoms. The Balaban J connectivity index is 1.82. The monoisotopic (exact) mass is 305 g/mol. The third kappa shape index (κ3) is 2.52. The van der Waals surface area contributed by atoms with Crippen molar-refractivity contribution < 1.29 is 4.79 Å². The fourth-order valence-electron chi connectivity index (χ4n) is 4.29. The van der Waals surface area contributed by atoms with E-state index in [-0.39, 0.29) is 5.16 Å². The van der Waals surface area contributed by atoms with E-state index in [0.717, 1.165) is 18.5 Å². The Morgan fingerprint density at radius 2 is 1.67 bits per heavy atom. The molecule has 21 heavy (non-hydrogen) atoms. The molecule has 0 radical (unpaired) electrons.